The van der Waals surface area contributed by atoms with Crippen molar-refractivity contribution in [2.24, 2.45) is 0 Å². The zero-order chi connectivity index (χ0) is 17.0. The molecule has 23 heavy (non-hydrogen) atoms. The van der Waals surface area contributed by atoms with E-state index in [1.165, 1.54) is 4.90 Å². The van der Waals surface area contributed by atoms with Crippen molar-refractivity contribution in [2.45, 2.75) is 37.6 Å². The summed E-state index contributed by atoms with van der Waals surface area (Å²) in [5.74, 6) is -1.55. The van der Waals surface area contributed by atoms with Crippen molar-refractivity contribution in [2.75, 3.05) is 14.1 Å². The van der Waals surface area contributed by atoms with Crippen LogP contribution in [-0.4, -0.2) is 47.4 Å². The van der Waals surface area contributed by atoms with E-state index in [2.05, 4.69) is 5.32 Å². The van der Waals surface area contributed by atoms with Crippen LogP contribution in [0.3, 0.4) is 0 Å². The molecule has 0 atom stereocenters. The lowest BCUT2D eigenvalue weighted by Crippen LogP contribution is -2.55. The normalized spacial score (nSPS) is 16.4. The summed E-state index contributed by atoms with van der Waals surface area (Å²) in [5, 5.41) is 12.2. The Hall–Kier alpha value is -2.37. The highest BCUT2D eigenvalue weighted by atomic mass is 16.4. The van der Waals surface area contributed by atoms with Crippen molar-refractivity contribution in [3.05, 3.63) is 35.4 Å². The van der Waals surface area contributed by atoms with Gasteiger partial charge in [0.15, 0.2) is 0 Å². The molecule has 0 bridgehead atoms. The van der Waals surface area contributed by atoms with E-state index in [1.807, 2.05) is 0 Å². The molecule has 0 aromatic heterocycles. The zero-order valence-corrected chi connectivity index (χ0v) is 13.5. The lowest BCUT2D eigenvalue weighted by Gasteiger charge is -2.34. The molecule has 2 amide bonds. The average molecular weight is 318 g/mol. The summed E-state index contributed by atoms with van der Waals surface area (Å²) in [6.07, 6.45) is 3.48. The number of aliphatic carboxylic acids is 1. The quantitative estimate of drug-likeness (QED) is 0.888. The molecule has 0 saturated heterocycles. The van der Waals surface area contributed by atoms with E-state index in [1.54, 1.807) is 38.4 Å². The van der Waals surface area contributed by atoms with Crippen LogP contribution in [0.5, 0.6) is 0 Å². The summed E-state index contributed by atoms with van der Waals surface area (Å²) >= 11 is 0. The zero-order valence-electron chi connectivity index (χ0n) is 13.5. The van der Waals surface area contributed by atoms with Crippen LogP contribution in [0.2, 0.25) is 0 Å². The number of nitrogens with zero attached hydrogens (tertiary/aromatic N) is 1. The van der Waals surface area contributed by atoms with E-state index in [4.69, 9.17) is 0 Å². The first-order valence-electron chi connectivity index (χ1n) is 7.73. The van der Waals surface area contributed by atoms with Crippen molar-refractivity contribution in [1.29, 1.82) is 0 Å². The lowest BCUT2D eigenvalue weighted by atomic mass is 9.81. The lowest BCUT2D eigenvalue weighted by molar-refractivity contribution is -0.145. The Bertz CT molecular complexity index is 602. The fraction of sp³-hybridized carbons (Fsp3) is 0.471. The molecule has 2 rings (SSSR count). The summed E-state index contributed by atoms with van der Waals surface area (Å²) in [6.45, 7) is 0. The molecule has 1 fully saturated rings. The smallest absolute Gasteiger partial charge is 0.329 e. The number of hydrogen-bond acceptors (Lipinski definition) is 3. The van der Waals surface area contributed by atoms with E-state index in [0.29, 0.717) is 24.0 Å². The first-order valence-corrected chi connectivity index (χ1v) is 7.73. The van der Waals surface area contributed by atoms with Crippen molar-refractivity contribution in [3.63, 3.8) is 0 Å². The topological polar surface area (TPSA) is 86.7 Å². The third kappa shape index (κ3) is 3.70. The molecule has 1 aromatic rings. The van der Waals surface area contributed by atoms with Crippen LogP contribution in [0, 0.1) is 0 Å². The largest absolute Gasteiger partial charge is 0.480 e. The fourth-order valence-corrected chi connectivity index (χ4v) is 2.86. The van der Waals surface area contributed by atoms with Gasteiger partial charge in [0, 0.05) is 25.2 Å². The maximum Gasteiger partial charge on any atom is 0.329 e. The summed E-state index contributed by atoms with van der Waals surface area (Å²) in [7, 11) is 3.31. The second-order valence-electron chi connectivity index (χ2n) is 6.18. The van der Waals surface area contributed by atoms with Gasteiger partial charge in [-0.1, -0.05) is 19.3 Å². The molecule has 0 heterocycles. The number of rotatable bonds is 4. The van der Waals surface area contributed by atoms with Gasteiger partial charge in [-0.05, 0) is 37.1 Å². The number of carbonyl (C=O) groups is 3. The Balaban J connectivity index is 2.13. The van der Waals surface area contributed by atoms with Crippen LogP contribution in [0.1, 0.15) is 52.8 Å². The van der Waals surface area contributed by atoms with Crippen molar-refractivity contribution in [1.82, 2.24) is 10.2 Å². The molecule has 6 nitrogen and oxygen atoms in total. The van der Waals surface area contributed by atoms with Crippen molar-refractivity contribution < 1.29 is 19.5 Å². The van der Waals surface area contributed by atoms with E-state index in [9.17, 15) is 19.5 Å². The summed E-state index contributed by atoms with van der Waals surface area (Å²) in [6, 6.07) is 6.24. The molecule has 0 unspecified atom stereocenters. The highest BCUT2D eigenvalue weighted by Gasteiger charge is 2.41. The number of nitrogens with one attached hydrogen (secondary N) is 1. The van der Waals surface area contributed by atoms with E-state index in [-0.39, 0.29) is 5.91 Å². The van der Waals surface area contributed by atoms with Gasteiger partial charge in [0.1, 0.15) is 5.54 Å². The van der Waals surface area contributed by atoms with Crippen LogP contribution in [0.25, 0.3) is 0 Å². The van der Waals surface area contributed by atoms with Crippen LogP contribution < -0.4 is 5.32 Å². The number of carboxylic acid groups (broad SMARTS) is 1. The summed E-state index contributed by atoms with van der Waals surface area (Å²) < 4.78 is 0. The summed E-state index contributed by atoms with van der Waals surface area (Å²) in [5.41, 5.74) is -0.336. The maximum atomic E-state index is 12.4. The molecular formula is C17H22N2O4. The number of hydrogen-bond donors (Lipinski definition) is 2. The van der Waals surface area contributed by atoms with Gasteiger partial charge in [-0.3, -0.25) is 9.59 Å². The van der Waals surface area contributed by atoms with E-state index in [0.717, 1.165) is 19.3 Å². The average Bonchev–Trinajstić information content (AvgIpc) is 2.55. The second kappa shape index (κ2) is 6.81. The monoisotopic (exact) mass is 318 g/mol. The predicted octanol–water partition coefficient (Wildman–Crippen LogP) is 1.91. The Morgan fingerprint density at radius 1 is 1.00 bits per heavy atom. The van der Waals surface area contributed by atoms with E-state index < -0.39 is 17.4 Å². The third-order valence-electron chi connectivity index (χ3n) is 4.27. The minimum absolute atomic E-state index is 0.147. The number of benzene rings is 1. The van der Waals surface area contributed by atoms with Crippen LogP contribution in [0.15, 0.2) is 24.3 Å². The number of amides is 2. The highest BCUT2D eigenvalue weighted by molar-refractivity contribution is 5.99. The highest BCUT2D eigenvalue weighted by Crippen LogP contribution is 2.28. The summed E-state index contributed by atoms with van der Waals surface area (Å²) in [4.78, 5) is 37.2. The molecule has 0 spiro atoms. The molecule has 1 aromatic carbocycles. The van der Waals surface area contributed by atoms with Gasteiger partial charge in [0.25, 0.3) is 11.8 Å². The molecule has 6 heteroatoms. The van der Waals surface area contributed by atoms with Gasteiger partial charge in [-0.2, -0.15) is 0 Å². The Kier molecular flexibility index (Phi) is 5.03. The minimum atomic E-state index is -1.17. The first-order chi connectivity index (χ1) is 10.9. The van der Waals surface area contributed by atoms with Crippen LogP contribution in [0.4, 0.5) is 0 Å². The Morgan fingerprint density at radius 3 is 2.00 bits per heavy atom. The Morgan fingerprint density at radius 2 is 1.52 bits per heavy atom. The minimum Gasteiger partial charge on any atom is -0.480 e. The second-order valence-corrected chi connectivity index (χ2v) is 6.18. The van der Waals surface area contributed by atoms with Crippen molar-refractivity contribution >= 4 is 17.8 Å². The molecule has 2 N–H and O–H groups in total. The maximum absolute atomic E-state index is 12.4. The van der Waals surface area contributed by atoms with Crippen LogP contribution >= 0.6 is 0 Å². The SMILES string of the molecule is CN(C)C(=O)c1ccc(C(=O)NC2(C(=O)O)CCCCC2)cc1. The Labute approximate surface area is 135 Å². The van der Waals surface area contributed by atoms with Gasteiger partial charge in [0.05, 0.1) is 0 Å². The number of carbonyl (C=O) groups excluding carboxylic acids is 2. The molecule has 0 radical (unpaired) electrons. The first kappa shape index (κ1) is 17.0. The van der Waals surface area contributed by atoms with Gasteiger partial charge < -0.3 is 15.3 Å². The molecule has 0 aliphatic heterocycles. The standard InChI is InChI=1S/C17H22N2O4/c1-19(2)15(21)13-8-6-12(7-9-13)14(20)18-17(16(22)23)10-4-3-5-11-17/h6-9H,3-5,10-11H2,1-2H3,(H,18,20)(H,22,23). The molecular weight excluding hydrogens is 296 g/mol. The molecule has 1 aliphatic carbocycles. The van der Waals surface area contributed by atoms with Gasteiger partial charge >= 0.3 is 5.97 Å². The molecule has 124 valence electrons. The van der Waals surface area contributed by atoms with Gasteiger partial charge in [0.2, 0.25) is 0 Å². The predicted molar refractivity (Wildman–Crippen MR) is 85.4 cm³/mol. The number of carboxylic acids is 1. The fourth-order valence-electron chi connectivity index (χ4n) is 2.86. The van der Waals surface area contributed by atoms with E-state index >= 15 is 0 Å². The third-order valence-corrected chi connectivity index (χ3v) is 4.27. The van der Waals surface area contributed by atoms with Crippen molar-refractivity contribution in [3.8, 4) is 0 Å². The molecule has 1 saturated carbocycles. The van der Waals surface area contributed by atoms with Crippen LogP contribution in [-0.2, 0) is 4.79 Å². The van der Waals surface area contributed by atoms with Gasteiger partial charge in [-0.15, -0.1) is 0 Å². The molecule has 1 aliphatic rings. The van der Waals surface area contributed by atoms with Gasteiger partial charge in [-0.25, -0.2) is 4.79 Å².